The lowest BCUT2D eigenvalue weighted by atomic mass is 10.0. The molecule has 30 heavy (non-hydrogen) atoms. The van der Waals surface area contributed by atoms with Crippen LogP contribution in [0.2, 0.25) is 0 Å². The molecule has 1 aromatic heterocycles. The van der Waals surface area contributed by atoms with Crippen molar-refractivity contribution in [1.82, 2.24) is 0 Å². The molecule has 0 saturated carbocycles. The third kappa shape index (κ3) is 5.41. The first-order valence-corrected chi connectivity index (χ1v) is 9.51. The van der Waals surface area contributed by atoms with Gasteiger partial charge in [0, 0.05) is 5.69 Å². The van der Waals surface area contributed by atoms with Gasteiger partial charge in [0.25, 0.3) is 11.8 Å². The summed E-state index contributed by atoms with van der Waals surface area (Å²) in [5, 5.41) is 5.46. The second kappa shape index (κ2) is 9.65. The van der Waals surface area contributed by atoms with Crippen molar-refractivity contribution in [1.29, 1.82) is 0 Å². The summed E-state index contributed by atoms with van der Waals surface area (Å²) in [6, 6.07) is 15.8. The van der Waals surface area contributed by atoms with Crippen LogP contribution in [0.15, 0.2) is 65.3 Å². The zero-order valence-corrected chi connectivity index (χ0v) is 17.1. The number of methoxy groups -OCH3 is 1. The van der Waals surface area contributed by atoms with Gasteiger partial charge in [0.1, 0.15) is 11.5 Å². The lowest BCUT2D eigenvalue weighted by Gasteiger charge is -2.13. The summed E-state index contributed by atoms with van der Waals surface area (Å²) in [7, 11) is 1.50. The minimum atomic E-state index is -0.393. The number of furan rings is 1. The molecular formula is C23H24N2O5. The van der Waals surface area contributed by atoms with Gasteiger partial charge in [-0.3, -0.25) is 9.59 Å². The highest BCUT2D eigenvalue weighted by atomic mass is 16.5. The Kier molecular flexibility index (Phi) is 6.75. The van der Waals surface area contributed by atoms with E-state index in [0.717, 1.165) is 0 Å². The van der Waals surface area contributed by atoms with E-state index in [0.29, 0.717) is 28.8 Å². The molecule has 7 nitrogen and oxygen atoms in total. The van der Waals surface area contributed by atoms with Gasteiger partial charge >= 0.3 is 0 Å². The lowest BCUT2D eigenvalue weighted by Crippen LogP contribution is -2.20. The molecule has 0 radical (unpaired) electrons. The van der Waals surface area contributed by atoms with Crippen LogP contribution in [0, 0.1) is 0 Å². The average molecular weight is 408 g/mol. The van der Waals surface area contributed by atoms with Crippen LogP contribution in [0.25, 0.3) is 0 Å². The number of hydrogen-bond donors (Lipinski definition) is 2. The third-order valence-corrected chi connectivity index (χ3v) is 4.39. The van der Waals surface area contributed by atoms with E-state index < -0.39 is 5.91 Å². The summed E-state index contributed by atoms with van der Waals surface area (Å²) >= 11 is 0. The van der Waals surface area contributed by atoms with Gasteiger partial charge in [-0.2, -0.15) is 0 Å². The zero-order valence-electron chi connectivity index (χ0n) is 17.1. The maximum absolute atomic E-state index is 12.4. The predicted molar refractivity (Wildman–Crippen MR) is 114 cm³/mol. The number of hydrogen-bond acceptors (Lipinski definition) is 5. The van der Waals surface area contributed by atoms with Gasteiger partial charge in [-0.05, 0) is 53.9 Å². The van der Waals surface area contributed by atoms with Gasteiger partial charge in [0.15, 0.2) is 12.4 Å². The fourth-order valence-electron chi connectivity index (χ4n) is 2.77. The average Bonchev–Trinajstić information content (AvgIpc) is 3.28. The second-order valence-corrected chi connectivity index (χ2v) is 6.91. The lowest BCUT2D eigenvalue weighted by molar-refractivity contribution is -0.118. The summed E-state index contributed by atoms with van der Waals surface area (Å²) in [4.78, 5) is 24.5. The molecule has 0 aliphatic carbocycles. The Morgan fingerprint density at radius 1 is 1.03 bits per heavy atom. The van der Waals surface area contributed by atoms with E-state index in [4.69, 9.17) is 13.9 Å². The molecule has 3 aromatic rings. The van der Waals surface area contributed by atoms with E-state index in [9.17, 15) is 9.59 Å². The Morgan fingerprint density at radius 3 is 2.43 bits per heavy atom. The Balaban J connectivity index is 1.62. The van der Waals surface area contributed by atoms with Crippen LogP contribution in [0.4, 0.5) is 11.4 Å². The molecule has 156 valence electrons. The zero-order chi connectivity index (χ0) is 21.5. The summed E-state index contributed by atoms with van der Waals surface area (Å²) in [5.41, 5.74) is 2.10. The van der Waals surface area contributed by atoms with Crippen molar-refractivity contribution in [2.45, 2.75) is 19.8 Å². The van der Waals surface area contributed by atoms with Crippen LogP contribution < -0.4 is 20.1 Å². The van der Waals surface area contributed by atoms with Crippen LogP contribution >= 0.6 is 0 Å². The molecule has 2 amide bonds. The molecule has 0 aliphatic rings. The number of nitrogens with one attached hydrogen (secondary N) is 2. The monoisotopic (exact) mass is 408 g/mol. The summed E-state index contributed by atoms with van der Waals surface area (Å²) in [5.74, 6) is 0.941. The molecule has 2 aromatic carbocycles. The number of ether oxygens (including phenoxy) is 2. The van der Waals surface area contributed by atoms with Crippen molar-refractivity contribution in [3.8, 4) is 11.5 Å². The maximum Gasteiger partial charge on any atom is 0.291 e. The molecule has 0 atom stereocenters. The molecule has 1 heterocycles. The summed E-state index contributed by atoms with van der Waals surface area (Å²) in [6.45, 7) is 4.07. The molecular weight excluding hydrogens is 384 g/mol. The quantitative estimate of drug-likeness (QED) is 0.565. The number of amides is 2. The highest BCUT2D eigenvalue weighted by Crippen LogP contribution is 2.28. The number of carbonyl (C=O) groups excluding carboxylic acids is 2. The van der Waals surface area contributed by atoms with Crippen LogP contribution in [0.5, 0.6) is 11.5 Å². The molecule has 3 rings (SSSR count). The molecule has 0 fully saturated rings. The van der Waals surface area contributed by atoms with Gasteiger partial charge in [-0.15, -0.1) is 0 Å². The van der Waals surface area contributed by atoms with E-state index >= 15 is 0 Å². The largest absolute Gasteiger partial charge is 0.495 e. The number of benzene rings is 2. The minimum absolute atomic E-state index is 0.160. The fourth-order valence-corrected chi connectivity index (χ4v) is 2.77. The predicted octanol–water partition coefficient (Wildman–Crippen LogP) is 4.68. The number of rotatable bonds is 8. The Hall–Kier alpha value is -3.74. The van der Waals surface area contributed by atoms with Gasteiger partial charge < -0.3 is 24.5 Å². The molecule has 2 N–H and O–H groups in total. The van der Waals surface area contributed by atoms with Crippen molar-refractivity contribution in [2.24, 2.45) is 0 Å². The van der Waals surface area contributed by atoms with Crippen LogP contribution in [-0.4, -0.2) is 25.5 Å². The van der Waals surface area contributed by atoms with Crippen LogP contribution in [-0.2, 0) is 4.79 Å². The van der Waals surface area contributed by atoms with E-state index in [-0.39, 0.29) is 18.3 Å². The van der Waals surface area contributed by atoms with E-state index in [2.05, 4.69) is 24.5 Å². The summed E-state index contributed by atoms with van der Waals surface area (Å²) in [6.07, 6.45) is 1.42. The van der Waals surface area contributed by atoms with Crippen molar-refractivity contribution in [2.75, 3.05) is 24.4 Å². The highest BCUT2D eigenvalue weighted by Gasteiger charge is 2.13. The third-order valence-electron chi connectivity index (χ3n) is 4.39. The highest BCUT2D eigenvalue weighted by molar-refractivity contribution is 6.03. The standard InChI is InChI=1S/C23H24N2O5/c1-15(2)16-6-9-18(10-7-16)30-14-22(26)25-19-13-17(8-11-20(19)28-3)24-23(27)21-5-4-12-29-21/h4-13,15H,14H2,1-3H3,(H,24,27)(H,25,26). The van der Waals surface area contributed by atoms with Crippen LogP contribution in [0.3, 0.4) is 0 Å². The Morgan fingerprint density at radius 2 is 1.80 bits per heavy atom. The first kappa shape index (κ1) is 21.0. The van der Waals surface area contributed by atoms with Crippen LogP contribution in [0.1, 0.15) is 35.9 Å². The molecule has 7 heteroatoms. The van der Waals surface area contributed by atoms with E-state index in [1.54, 1.807) is 30.3 Å². The summed E-state index contributed by atoms with van der Waals surface area (Å²) < 4.78 is 15.9. The topological polar surface area (TPSA) is 89.8 Å². The Bertz CT molecular complexity index is 995. The number of carbonyl (C=O) groups is 2. The first-order chi connectivity index (χ1) is 14.5. The van der Waals surface area contributed by atoms with Crippen molar-refractivity contribution in [3.05, 3.63) is 72.2 Å². The van der Waals surface area contributed by atoms with E-state index in [1.165, 1.54) is 18.9 Å². The molecule has 0 saturated heterocycles. The van der Waals surface area contributed by atoms with Gasteiger partial charge in [-0.25, -0.2) is 0 Å². The fraction of sp³-hybridized carbons (Fsp3) is 0.217. The Labute approximate surface area is 175 Å². The van der Waals surface area contributed by atoms with E-state index in [1.807, 2.05) is 24.3 Å². The SMILES string of the molecule is COc1ccc(NC(=O)c2ccco2)cc1NC(=O)COc1ccc(C(C)C)cc1. The second-order valence-electron chi connectivity index (χ2n) is 6.91. The first-order valence-electron chi connectivity index (χ1n) is 9.51. The molecule has 0 unspecified atom stereocenters. The van der Waals surface area contributed by atoms with Gasteiger partial charge in [-0.1, -0.05) is 26.0 Å². The maximum atomic E-state index is 12.4. The van der Waals surface area contributed by atoms with Crippen molar-refractivity contribution in [3.63, 3.8) is 0 Å². The van der Waals surface area contributed by atoms with Gasteiger partial charge in [0.05, 0.1) is 19.1 Å². The smallest absolute Gasteiger partial charge is 0.291 e. The van der Waals surface area contributed by atoms with Crippen molar-refractivity contribution < 1.29 is 23.5 Å². The van der Waals surface area contributed by atoms with Crippen molar-refractivity contribution >= 4 is 23.2 Å². The molecule has 0 bridgehead atoms. The normalized spacial score (nSPS) is 10.5. The molecule has 0 aliphatic heterocycles. The minimum Gasteiger partial charge on any atom is -0.495 e. The molecule has 0 spiro atoms. The number of anilines is 2. The van der Waals surface area contributed by atoms with Gasteiger partial charge in [0.2, 0.25) is 0 Å².